The van der Waals surface area contributed by atoms with E-state index in [0.29, 0.717) is 5.92 Å². The van der Waals surface area contributed by atoms with Crippen molar-refractivity contribution < 1.29 is 0 Å². The molecule has 1 unspecified atom stereocenters. The average Bonchev–Trinajstić information content (AvgIpc) is 3.73. The third-order valence-corrected chi connectivity index (χ3v) is 11.4. The maximum absolute atomic E-state index is 5.20. The third-order valence-electron chi connectivity index (χ3n) is 11.4. The number of nitrogens with zero attached hydrogens (tertiary/aromatic N) is 3. The van der Waals surface area contributed by atoms with Gasteiger partial charge in [-0.25, -0.2) is 9.97 Å². The van der Waals surface area contributed by atoms with Crippen molar-refractivity contribution in [2.45, 2.75) is 12.8 Å². The van der Waals surface area contributed by atoms with Gasteiger partial charge >= 0.3 is 0 Å². The fraction of sp³-hybridized carbons (Fsp3) is 0.0385. The highest BCUT2D eigenvalue weighted by molar-refractivity contribution is 6.11. The van der Waals surface area contributed by atoms with Crippen molar-refractivity contribution in [3.05, 3.63) is 199 Å². The molecule has 2 heterocycles. The number of hydrogen-bond acceptors (Lipinski definition) is 2. The summed E-state index contributed by atoms with van der Waals surface area (Å²) in [7, 11) is 0. The molecular formula is C52H35N3. The van der Waals surface area contributed by atoms with E-state index < -0.39 is 0 Å². The molecule has 0 bridgehead atoms. The molecule has 1 atom stereocenters. The Kier molecular flexibility index (Phi) is 7.14. The van der Waals surface area contributed by atoms with Gasteiger partial charge in [0.2, 0.25) is 0 Å². The molecule has 0 fully saturated rings. The van der Waals surface area contributed by atoms with Gasteiger partial charge in [-0.05, 0) is 93.0 Å². The van der Waals surface area contributed by atoms with Gasteiger partial charge in [-0.3, -0.25) is 0 Å². The minimum atomic E-state index is 0.328. The molecule has 0 radical (unpaired) electrons. The van der Waals surface area contributed by atoms with Gasteiger partial charge in [0, 0.05) is 38.9 Å². The molecule has 0 aliphatic heterocycles. The standard InChI is InChI=1S/C52H35N3/c1-33-41-21-11-12-22-42(41)45-31-46-43-23-13-14-24-49(43)55(50(46)32-44(33)45)40-28-38(34-15-5-2-6-16-34)27-39(29-40)37-25-26-48-47(30-37)51(35-17-7-3-8-18-35)54-52(53-48)36-19-9-4-10-20-36/h2-33H,1H3. The molecule has 0 spiro atoms. The van der Waals surface area contributed by atoms with Crippen LogP contribution in [0.3, 0.4) is 0 Å². The second-order valence-electron chi connectivity index (χ2n) is 14.6. The van der Waals surface area contributed by atoms with E-state index in [2.05, 4.69) is 181 Å². The molecule has 1 aliphatic carbocycles. The monoisotopic (exact) mass is 701 g/mol. The van der Waals surface area contributed by atoms with E-state index in [9.17, 15) is 0 Å². The normalized spacial score (nSPS) is 13.4. The van der Waals surface area contributed by atoms with Crippen molar-refractivity contribution in [3.8, 4) is 61.7 Å². The van der Waals surface area contributed by atoms with Gasteiger partial charge in [0.1, 0.15) is 0 Å². The Balaban J connectivity index is 1.15. The molecule has 55 heavy (non-hydrogen) atoms. The van der Waals surface area contributed by atoms with E-state index in [1.807, 2.05) is 18.2 Å². The van der Waals surface area contributed by atoms with Crippen LogP contribution in [0, 0.1) is 0 Å². The Bertz CT molecular complexity index is 3090. The topological polar surface area (TPSA) is 30.7 Å². The largest absolute Gasteiger partial charge is 0.309 e. The second kappa shape index (κ2) is 12.5. The fourth-order valence-electron chi connectivity index (χ4n) is 8.73. The van der Waals surface area contributed by atoms with Gasteiger partial charge in [0.05, 0.1) is 22.2 Å². The number of benzene rings is 8. The van der Waals surface area contributed by atoms with Crippen molar-refractivity contribution in [2.24, 2.45) is 0 Å². The van der Waals surface area contributed by atoms with Crippen LogP contribution in [-0.4, -0.2) is 14.5 Å². The maximum atomic E-state index is 5.20. The lowest BCUT2D eigenvalue weighted by molar-refractivity contribution is 0.957. The van der Waals surface area contributed by atoms with Crippen LogP contribution in [0.25, 0.3) is 94.4 Å². The van der Waals surface area contributed by atoms with E-state index >= 15 is 0 Å². The fourth-order valence-corrected chi connectivity index (χ4v) is 8.73. The number of aromatic nitrogens is 3. The number of fused-ring (bicyclic) bond motifs is 7. The first-order valence-corrected chi connectivity index (χ1v) is 19.0. The zero-order valence-electron chi connectivity index (χ0n) is 30.3. The summed E-state index contributed by atoms with van der Waals surface area (Å²) in [5, 5.41) is 3.55. The van der Waals surface area contributed by atoms with Crippen molar-refractivity contribution in [1.82, 2.24) is 14.5 Å². The van der Waals surface area contributed by atoms with Crippen LogP contribution in [0.15, 0.2) is 188 Å². The van der Waals surface area contributed by atoms with E-state index in [0.717, 1.165) is 50.4 Å². The van der Waals surface area contributed by atoms with E-state index in [1.54, 1.807) is 0 Å². The summed E-state index contributed by atoms with van der Waals surface area (Å²) in [5.74, 6) is 1.05. The minimum absolute atomic E-state index is 0.328. The van der Waals surface area contributed by atoms with Crippen molar-refractivity contribution in [3.63, 3.8) is 0 Å². The van der Waals surface area contributed by atoms with Crippen LogP contribution in [0.5, 0.6) is 0 Å². The van der Waals surface area contributed by atoms with Crippen LogP contribution in [-0.2, 0) is 0 Å². The Morgan fingerprint density at radius 2 is 1.05 bits per heavy atom. The molecule has 0 N–H and O–H groups in total. The summed E-state index contributed by atoms with van der Waals surface area (Å²) < 4.78 is 2.47. The Morgan fingerprint density at radius 1 is 0.400 bits per heavy atom. The van der Waals surface area contributed by atoms with Crippen LogP contribution >= 0.6 is 0 Å². The second-order valence-corrected chi connectivity index (χ2v) is 14.6. The lowest BCUT2D eigenvalue weighted by Gasteiger charge is -2.16. The summed E-state index contributed by atoms with van der Waals surface area (Å²) in [5.41, 5.74) is 17.6. The summed E-state index contributed by atoms with van der Waals surface area (Å²) in [6, 6.07) is 67.7. The van der Waals surface area contributed by atoms with Gasteiger partial charge < -0.3 is 4.57 Å². The highest BCUT2D eigenvalue weighted by atomic mass is 15.0. The van der Waals surface area contributed by atoms with Gasteiger partial charge in [-0.1, -0.05) is 146 Å². The molecule has 3 nitrogen and oxygen atoms in total. The first-order chi connectivity index (χ1) is 27.2. The van der Waals surface area contributed by atoms with E-state index in [-0.39, 0.29) is 0 Å². The number of rotatable bonds is 5. The van der Waals surface area contributed by atoms with Crippen molar-refractivity contribution in [2.75, 3.05) is 0 Å². The highest BCUT2D eigenvalue weighted by Crippen LogP contribution is 2.48. The molecule has 8 aromatic carbocycles. The summed E-state index contributed by atoms with van der Waals surface area (Å²) >= 11 is 0. The van der Waals surface area contributed by atoms with Gasteiger partial charge in [0.15, 0.2) is 5.82 Å². The quantitative estimate of drug-likeness (QED) is 0.179. The first kappa shape index (κ1) is 31.4. The zero-order valence-corrected chi connectivity index (χ0v) is 30.3. The van der Waals surface area contributed by atoms with Gasteiger partial charge in [0.25, 0.3) is 0 Å². The first-order valence-electron chi connectivity index (χ1n) is 19.0. The van der Waals surface area contributed by atoms with E-state index in [4.69, 9.17) is 9.97 Å². The molecule has 11 rings (SSSR count). The molecule has 0 saturated carbocycles. The van der Waals surface area contributed by atoms with Crippen LogP contribution < -0.4 is 0 Å². The average molecular weight is 702 g/mol. The van der Waals surface area contributed by atoms with Crippen LogP contribution in [0.1, 0.15) is 24.0 Å². The van der Waals surface area contributed by atoms with Crippen molar-refractivity contribution >= 4 is 32.7 Å². The van der Waals surface area contributed by atoms with Crippen molar-refractivity contribution in [1.29, 1.82) is 0 Å². The van der Waals surface area contributed by atoms with Crippen LogP contribution in [0.2, 0.25) is 0 Å². The predicted molar refractivity (Wildman–Crippen MR) is 229 cm³/mol. The molecule has 2 aromatic heterocycles. The molecule has 3 heteroatoms. The zero-order chi connectivity index (χ0) is 36.5. The summed E-state index contributed by atoms with van der Waals surface area (Å²) in [6.45, 7) is 2.34. The van der Waals surface area contributed by atoms with Gasteiger partial charge in [-0.15, -0.1) is 0 Å². The van der Waals surface area contributed by atoms with E-state index in [1.165, 1.54) is 55.2 Å². The lowest BCUT2D eigenvalue weighted by atomic mass is 9.95. The minimum Gasteiger partial charge on any atom is -0.309 e. The summed E-state index contributed by atoms with van der Waals surface area (Å²) in [6.07, 6.45) is 0. The Labute approximate surface area is 319 Å². The predicted octanol–water partition coefficient (Wildman–Crippen LogP) is 13.5. The molecule has 0 amide bonds. The lowest BCUT2D eigenvalue weighted by Crippen LogP contribution is -1.98. The number of hydrogen-bond donors (Lipinski definition) is 0. The smallest absolute Gasteiger partial charge is 0.160 e. The SMILES string of the molecule is CC1c2ccccc2-c2cc3c4ccccc4n(-c4cc(-c5ccccc5)cc(-c5ccc6nc(-c7ccccc7)nc(-c7ccccc7)c6c5)c4)c3cc21. The Hall–Kier alpha value is -7.10. The van der Waals surface area contributed by atoms with Crippen LogP contribution in [0.4, 0.5) is 0 Å². The molecular weight excluding hydrogens is 667 g/mol. The maximum Gasteiger partial charge on any atom is 0.160 e. The molecule has 258 valence electrons. The third kappa shape index (κ3) is 5.12. The summed E-state index contributed by atoms with van der Waals surface area (Å²) in [4.78, 5) is 10.3. The molecule has 10 aromatic rings. The number of para-hydroxylation sites is 1. The molecule has 0 saturated heterocycles. The Morgan fingerprint density at radius 3 is 1.84 bits per heavy atom. The molecule has 1 aliphatic rings. The van der Waals surface area contributed by atoms with Gasteiger partial charge in [-0.2, -0.15) is 0 Å². The highest BCUT2D eigenvalue weighted by Gasteiger charge is 2.27.